The molecule has 0 aromatic heterocycles. The van der Waals surface area contributed by atoms with Crippen molar-refractivity contribution < 1.29 is 15.0 Å². The van der Waals surface area contributed by atoms with Crippen molar-refractivity contribution in [3.8, 4) is 0 Å². The Morgan fingerprint density at radius 1 is 1.13 bits per heavy atom. The smallest absolute Gasteiger partial charge is 0.146 e. The molecule has 3 aliphatic carbocycles. The van der Waals surface area contributed by atoms with Crippen LogP contribution in [0.3, 0.4) is 0 Å². The number of allylic oxidation sites excluding steroid dienone is 3. The molecule has 2 N–H and O–H groups in total. The summed E-state index contributed by atoms with van der Waals surface area (Å²) in [5, 5.41) is 20.1. The van der Waals surface area contributed by atoms with Gasteiger partial charge in [-0.2, -0.15) is 0 Å². The summed E-state index contributed by atoms with van der Waals surface area (Å²) in [4.78, 5) is 13.8. The topological polar surface area (TPSA) is 57.5 Å². The highest BCUT2D eigenvalue weighted by molar-refractivity contribution is 5.91. The predicted octanol–water partition coefficient (Wildman–Crippen LogP) is 5.95. The maximum absolute atomic E-state index is 13.8. The Morgan fingerprint density at radius 2 is 1.84 bits per heavy atom. The molecule has 176 valence electrons. The van der Waals surface area contributed by atoms with Gasteiger partial charge in [0, 0.05) is 17.9 Å². The van der Waals surface area contributed by atoms with Gasteiger partial charge in [-0.15, -0.1) is 0 Å². The number of fused-ring (bicyclic) bond motifs is 1. The fraction of sp³-hybridized carbons (Fsp3) is 0.821. The molecule has 0 heterocycles. The molecule has 3 rings (SSSR count). The number of aliphatic hydroxyl groups excluding tert-OH is 2. The Balaban J connectivity index is 1.84. The molecule has 2 fully saturated rings. The summed E-state index contributed by atoms with van der Waals surface area (Å²) in [6.07, 6.45) is 12.7. The van der Waals surface area contributed by atoms with E-state index < -0.39 is 5.41 Å². The molecule has 3 heteroatoms. The second-order valence-corrected chi connectivity index (χ2v) is 11.8. The highest BCUT2D eigenvalue weighted by atomic mass is 16.3. The van der Waals surface area contributed by atoms with Crippen molar-refractivity contribution in [1.82, 2.24) is 0 Å². The van der Waals surface area contributed by atoms with Crippen LogP contribution in [0.25, 0.3) is 0 Å². The SMILES string of the molecule is CC(C)[C@@H](C)C=C[C@@H](C)[C@H]1CC[C@@H]([C@@H]2CC=C3C[C@@H](O)CC[C@]3(C)C2=O)[C@]1(C)CCO. The third-order valence-electron chi connectivity index (χ3n) is 9.66. The van der Waals surface area contributed by atoms with Crippen molar-refractivity contribution in [2.45, 2.75) is 92.6 Å². The Kier molecular flexibility index (Phi) is 7.58. The molecule has 0 radical (unpaired) electrons. The number of aliphatic hydroxyl groups is 2. The van der Waals surface area contributed by atoms with Crippen LogP contribution in [0.15, 0.2) is 23.8 Å². The highest BCUT2D eigenvalue weighted by Gasteiger charge is 2.55. The zero-order chi connectivity index (χ0) is 23.0. The van der Waals surface area contributed by atoms with Crippen molar-refractivity contribution >= 4 is 5.78 Å². The van der Waals surface area contributed by atoms with Gasteiger partial charge in [-0.1, -0.05) is 58.4 Å². The first-order valence-corrected chi connectivity index (χ1v) is 12.8. The first kappa shape index (κ1) is 24.7. The predicted molar refractivity (Wildman–Crippen MR) is 127 cm³/mol. The molecule has 0 bridgehead atoms. The van der Waals surface area contributed by atoms with E-state index in [4.69, 9.17) is 0 Å². The second-order valence-electron chi connectivity index (χ2n) is 11.8. The van der Waals surface area contributed by atoms with Crippen LogP contribution in [0, 0.1) is 46.3 Å². The largest absolute Gasteiger partial charge is 0.396 e. The summed E-state index contributed by atoms with van der Waals surface area (Å²) >= 11 is 0. The lowest BCUT2D eigenvalue weighted by Crippen LogP contribution is -2.47. The van der Waals surface area contributed by atoms with Gasteiger partial charge < -0.3 is 10.2 Å². The van der Waals surface area contributed by atoms with Crippen molar-refractivity contribution in [1.29, 1.82) is 0 Å². The standard InChI is InChI=1S/C28H46O3/c1-18(2)19(3)7-8-20(4)24-11-12-25(28(24,6)15-16-29)23-10-9-21-17-22(30)13-14-27(21,5)26(23)31/h7-9,18-20,22-25,29-30H,10-17H2,1-6H3/t19-,20+,22-,23-,24+,25-,27-,28+/m0/s1. The zero-order valence-electron chi connectivity index (χ0n) is 20.7. The minimum Gasteiger partial charge on any atom is -0.396 e. The second kappa shape index (κ2) is 9.51. The van der Waals surface area contributed by atoms with Crippen molar-refractivity contribution in [3.63, 3.8) is 0 Å². The molecular formula is C28H46O3. The minimum absolute atomic E-state index is 0.0181. The fourth-order valence-electron chi connectivity index (χ4n) is 7.06. The van der Waals surface area contributed by atoms with Gasteiger partial charge in [0.25, 0.3) is 0 Å². The van der Waals surface area contributed by atoms with Gasteiger partial charge in [-0.05, 0) is 86.9 Å². The molecule has 0 aromatic rings. The van der Waals surface area contributed by atoms with E-state index in [0.29, 0.717) is 41.8 Å². The number of hydrogen-bond donors (Lipinski definition) is 2. The summed E-state index contributed by atoms with van der Waals surface area (Å²) in [7, 11) is 0. The van der Waals surface area contributed by atoms with Gasteiger partial charge in [-0.25, -0.2) is 0 Å². The van der Waals surface area contributed by atoms with E-state index in [0.717, 1.165) is 38.5 Å². The van der Waals surface area contributed by atoms with Gasteiger partial charge in [0.2, 0.25) is 0 Å². The van der Waals surface area contributed by atoms with E-state index in [9.17, 15) is 15.0 Å². The van der Waals surface area contributed by atoms with Crippen LogP contribution in [0.4, 0.5) is 0 Å². The summed E-state index contributed by atoms with van der Waals surface area (Å²) in [5.74, 6) is 2.94. The summed E-state index contributed by atoms with van der Waals surface area (Å²) in [6, 6.07) is 0. The van der Waals surface area contributed by atoms with Crippen LogP contribution in [-0.4, -0.2) is 28.7 Å². The third-order valence-corrected chi connectivity index (χ3v) is 9.66. The Morgan fingerprint density at radius 3 is 2.48 bits per heavy atom. The molecular weight excluding hydrogens is 384 g/mol. The van der Waals surface area contributed by atoms with Gasteiger partial charge in [-0.3, -0.25) is 4.79 Å². The van der Waals surface area contributed by atoms with Crippen LogP contribution in [0.1, 0.15) is 86.5 Å². The van der Waals surface area contributed by atoms with E-state index in [-0.39, 0.29) is 24.0 Å². The summed E-state index contributed by atoms with van der Waals surface area (Å²) < 4.78 is 0. The molecule has 0 aromatic carbocycles. The van der Waals surface area contributed by atoms with Gasteiger partial charge >= 0.3 is 0 Å². The number of carbonyl (C=O) groups is 1. The van der Waals surface area contributed by atoms with Crippen LogP contribution >= 0.6 is 0 Å². The molecule has 3 aliphatic rings. The third kappa shape index (κ3) is 4.60. The van der Waals surface area contributed by atoms with Crippen molar-refractivity contribution in [2.24, 2.45) is 46.3 Å². The molecule has 31 heavy (non-hydrogen) atoms. The van der Waals surface area contributed by atoms with Gasteiger partial charge in [0.05, 0.1) is 6.10 Å². The average Bonchev–Trinajstić information content (AvgIpc) is 3.04. The molecule has 2 saturated carbocycles. The number of hydrogen-bond acceptors (Lipinski definition) is 3. The van der Waals surface area contributed by atoms with Crippen LogP contribution in [0.5, 0.6) is 0 Å². The lowest BCUT2D eigenvalue weighted by Gasteiger charge is -2.47. The minimum atomic E-state index is -0.390. The maximum Gasteiger partial charge on any atom is 0.146 e. The molecule has 0 unspecified atom stereocenters. The highest BCUT2D eigenvalue weighted by Crippen LogP contribution is 2.59. The number of carbonyl (C=O) groups excluding carboxylic acids is 1. The normalized spacial score (nSPS) is 40.8. The van der Waals surface area contributed by atoms with E-state index in [1.807, 2.05) is 0 Å². The molecule has 0 aliphatic heterocycles. The van der Waals surface area contributed by atoms with Crippen LogP contribution in [-0.2, 0) is 4.79 Å². The van der Waals surface area contributed by atoms with Crippen molar-refractivity contribution in [2.75, 3.05) is 6.61 Å². The van der Waals surface area contributed by atoms with Gasteiger partial charge in [0.1, 0.15) is 5.78 Å². The van der Waals surface area contributed by atoms with E-state index in [2.05, 4.69) is 59.8 Å². The van der Waals surface area contributed by atoms with E-state index in [1.165, 1.54) is 5.57 Å². The zero-order valence-corrected chi connectivity index (χ0v) is 20.7. The monoisotopic (exact) mass is 430 g/mol. The quantitative estimate of drug-likeness (QED) is 0.491. The van der Waals surface area contributed by atoms with Crippen LogP contribution in [0.2, 0.25) is 0 Å². The van der Waals surface area contributed by atoms with Gasteiger partial charge in [0.15, 0.2) is 0 Å². The van der Waals surface area contributed by atoms with Crippen LogP contribution < -0.4 is 0 Å². The number of Topliss-reactive ketones (excluding diaryl/α,β-unsaturated/α-hetero) is 1. The molecule has 3 nitrogen and oxygen atoms in total. The maximum atomic E-state index is 13.8. The summed E-state index contributed by atoms with van der Waals surface area (Å²) in [6.45, 7) is 13.8. The first-order chi connectivity index (χ1) is 14.5. The fourth-order valence-corrected chi connectivity index (χ4v) is 7.06. The molecule has 0 saturated heterocycles. The van der Waals surface area contributed by atoms with E-state index in [1.54, 1.807) is 0 Å². The lowest BCUT2D eigenvalue weighted by atomic mass is 9.56. The Hall–Kier alpha value is -0.930. The lowest BCUT2D eigenvalue weighted by molar-refractivity contribution is -0.136. The molecule has 8 atom stereocenters. The van der Waals surface area contributed by atoms with Crippen molar-refractivity contribution in [3.05, 3.63) is 23.8 Å². The Labute approximate surface area is 190 Å². The number of ketones is 1. The summed E-state index contributed by atoms with van der Waals surface area (Å²) in [5.41, 5.74) is 0.763. The van der Waals surface area contributed by atoms with E-state index >= 15 is 0 Å². The molecule has 0 spiro atoms. The molecule has 0 amide bonds. The first-order valence-electron chi connectivity index (χ1n) is 12.8. The Bertz CT molecular complexity index is 707. The average molecular weight is 431 g/mol. The number of rotatable bonds is 7.